The predicted octanol–water partition coefficient (Wildman–Crippen LogP) is 3.99. The zero-order chi connectivity index (χ0) is 13.7. The molecular weight excluding hydrogens is 234 g/mol. The third kappa shape index (κ3) is 4.38. The van der Waals surface area contributed by atoms with Crippen LogP contribution < -0.4 is 0 Å². The van der Waals surface area contributed by atoms with Crippen LogP contribution in [0.4, 0.5) is 0 Å². The maximum Gasteiger partial charge on any atom is 0.115 e. The molecule has 1 unspecified atom stereocenters. The maximum absolute atomic E-state index is 5.90. The van der Waals surface area contributed by atoms with Crippen LogP contribution in [-0.4, -0.2) is 31.1 Å². The molecule has 0 aliphatic heterocycles. The van der Waals surface area contributed by atoms with Crippen molar-refractivity contribution in [3.05, 3.63) is 24.0 Å². The van der Waals surface area contributed by atoms with Gasteiger partial charge in [-0.05, 0) is 43.9 Å². The van der Waals surface area contributed by atoms with Crippen LogP contribution in [0, 0.1) is 11.8 Å². The Kier molecular flexibility index (Phi) is 5.50. The van der Waals surface area contributed by atoms with Crippen LogP contribution >= 0.6 is 0 Å². The number of ether oxygens (including phenoxy) is 1. The van der Waals surface area contributed by atoms with Crippen molar-refractivity contribution in [3.63, 3.8) is 0 Å². The second-order valence-electron chi connectivity index (χ2n) is 6.27. The predicted molar refractivity (Wildman–Crippen MR) is 81.0 cm³/mol. The average molecular weight is 263 g/mol. The zero-order valence-electron chi connectivity index (χ0n) is 12.8. The van der Waals surface area contributed by atoms with E-state index >= 15 is 0 Å². The lowest BCUT2D eigenvalue weighted by atomic mass is 9.91. The first-order valence-electron chi connectivity index (χ1n) is 7.90. The van der Waals surface area contributed by atoms with Crippen molar-refractivity contribution in [2.75, 3.05) is 20.2 Å². The first kappa shape index (κ1) is 14.6. The number of rotatable bonds is 5. The monoisotopic (exact) mass is 263 g/mol. The minimum absolute atomic E-state index is 0.594. The second-order valence-corrected chi connectivity index (χ2v) is 6.27. The Morgan fingerprint density at radius 2 is 1.89 bits per heavy atom. The summed E-state index contributed by atoms with van der Waals surface area (Å²) in [5, 5.41) is 0. The lowest BCUT2D eigenvalue weighted by Crippen LogP contribution is -2.35. The molecule has 1 fully saturated rings. The van der Waals surface area contributed by atoms with Gasteiger partial charge in [0.25, 0.3) is 0 Å². The van der Waals surface area contributed by atoms with Crippen LogP contribution in [-0.2, 0) is 4.74 Å². The van der Waals surface area contributed by atoms with E-state index in [1.54, 1.807) is 0 Å². The van der Waals surface area contributed by atoms with Gasteiger partial charge in [0.15, 0.2) is 0 Å². The smallest absolute Gasteiger partial charge is 0.115 e. The van der Waals surface area contributed by atoms with Gasteiger partial charge in [0.2, 0.25) is 0 Å². The van der Waals surface area contributed by atoms with E-state index in [4.69, 9.17) is 4.74 Å². The number of hydrogen-bond donors (Lipinski definition) is 0. The lowest BCUT2D eigenvalue weighted by molar-refractivity contribution is 0.132. The van der Waals surface area contributed by atoms with Crippen LogP contribution in [0.1, 0.15) is 46.0 Å². The van der Waals surface area contributed by atoms with E-state index in [0.29, 0.717) is 11.8 Å². The normalized spacial score (nSPS) is 28.5. The van der Waals surface area contributed by atoms with E-state index in [2.05, 4.69) is 44.0 Å². The molecule has 2 rings (SSSR count). The Morgan fingerprint density at radius 3 is 2.58 bits per heavy atom. The van der Waals surface area contributed by atoms with Gasteiger partial charge in [0.1, 0.15) is 12.4 Å². The molecule has 1 saturated carbocycles. The summed E-state index contributed by atoms with van der Waals surface area (Å²) in [7, 11) is 2.25. The highest BCUT2D eigenvalue weighted by molar-refractivity contribution is 5.19. The molecule has 0 aromatic heterocycles. The number of likely N-dealkylation sites (N-methyl/N-ethyl adjacent to an activating group) is 1. The van der Waals surface area contributed by atoms with Crippen molar-refractivity contribution in [1.29, 1.82) is 0 Å². The minimum Gasteiger partial charge on any atom is -0.493 e. The summed E-state index contributed by atoms with van der Waals surface area (Å²) in [5.41, 5.74) is 0. The van der Waals surface area contributed by atoms with E-state index < -0.39 is 0 Å². The van der Waals surface area contributed by atoms with Crippen molar-refractivity contribution in [2.45, 2.75) is 52.0 Å². The van der Waals surface area contributed by atoms with Crippen molar-refractivity contribution in [1.82, 2.24) is 4.90 Å². The summed E-state index contributed by atoms with van der Waals surface area (Å²) in [6.07, 6.45) is 13.6. The highest BCUT2D eigenvalue weighted by Crippen LogP contribution is 2.23. The fourth-order valence-electron chi connectivity index (χ4n) is 3.00. The maximum atomic E-state index is 5.90. The van der Waals surface area contributed by atoms with Gasteiger partial charge in [-0.3, -0.25) is 0 Å². The van der Waals surface area contributed by atoms with Crippen LogP contribution in [0.15, 0.2) is 24.0 Å². The SMILES string of the molecule is CC1C=C(OCCN(C)C2CCCCC2)C=C[C@@H]1C. The third-order valence-corrected chi connectivity index (χ3v) is 4.73. The van der Waals surface area contributed by atoms with Crippen LogP contribution in [0.2, 0.25) is 0 Å². The van der Waals surface area contributed by atoms with Gasteiger partial charge in [-0.1, -0.05) is 39.2 Å². The van der Waals surface area contributed by atoms with Crippen molar-refractivity contribution >= 4 is 0 Å². The molecule has 2 nitrogen and oxygen atoms in total. The lowest BCUT2D eigenvalue weighted by Gasteiger charge is -2.31. The molecule has 0 amide bonds. The fraction of sp³-hybridized carbons (Fsp3) is 0.765. The fourth-order valence-corrected chi connectivity index (χ4v) is 3.00. The summed E-state index contributed by atoms with van der Waals surface area (Å²) in [6.45, 7) is 6.36. The number of hydrogen-bond acceptors (Lipinski definition) is 2. The molecule has 0 radical (unpaired) electrons. The zero-order valence-corrected chi connectivity index (χ0v) is 12.8. The summed E-state index contributed by atoms with van der Waals surface area (Å²) in [4.78, 5) is 2.48. The van der Waals surface area contributed by atoms with E-state index in [1.165, 1.54) is 32.1 Å². The topological polar surface area (TPSA) is 12.5 Å². The number of allylic oxidation sites excluding steroid dienone is 3. The summed E-state index contributed by atoms with van der Waals surface area (Å²) in [5.74, 6) is 2.29. The Morgan fingerprint density at radius 1 is 1.16 bits per heavy atom. The number of nitrogens with zero attached hydrogens (tertiary/aromatic N) is 1. The molecule has 2 atom stereocenters. The molecule has 2 aliphatic rings. The van der Waals surface area contributed by atoms with Crippen molar-refractivity contribution in [2.24, 2.45) is 11.8 Å². The Bertz CT molecular complexity index is 328. The Balaban J connectivity index is 1.68. The molecular formula is C17H29NO. The van der Waals surface area contributed by atoms with Crippen LogP contribution in [0.25, 0.3) is 0 Å². The largest absolute Gasteiger partial charge is 0.493 e. The van der Waals surface area contributed by atoms with Gasteiger partial charge in [0, 0.05) is 12.6 Å². The van der Waals surface area contributed by atoms with E-state index in [-0.39, 0.29) is 0 Å². The molecule has 108 valence electrons. The quantitative estimate of drug-likeness (QED) is 0.743. The van der Waals surface area contributed by atoms with Gasteiger partial charge < -0.3 is 9.64 Å². The standard InChI is InChI=1S/C17H29NO/c1-14-9-10-17(13-15(14)2)19-12-11-18(3)16-7-5-4-6-8-16/h9-10,13-16H,4-8,11-12H2,1-3H3/t14-,15?/m0/s1. The van der Waals surface area contributed by atoms with E-state index in [0.717, 1.165) is 25.0 Å². The molecule has 0 N–H and O–H groups in total. The van der Waals surface area contributed by atoms with E-state index in [1.807, 2.05) is 0 Å². The molecule has 0 bridgehead atoms. The Hall–Kier alpha value is -0.760. The average Bonchev–Trinajstić information content (AvgIpc) is 2.43. The van der Waals surface area contributed by atoms with Gasteiger partial charge in [-0.15, -0.1) is 0 Å². The van der Waals surface area contributed by atoms with Gasteiger partial charge in [-0.25, -0.2) is 0 Å². The highest BCUT2D eigenvalue weighted by Gasteiger charge is 2.18. The van der Waals surface area contributed by atoms with Gasteiger partial charge in [-0.2, -0.15) is 0 Å². The third-order valence-electron chi connectivity index (χ3n) is 4.73. The van der Waals surface area contributed by atoms with Crippen LogP contribution in [0.3, 0.4) is 0 Å². The molecule has 0 aromatic carbocycles. The van der Waals surface area contributed by atoms with E-state index in [9.17, 15) is 0 Å². The van der Waals surface area contributed by atoms with Gasteiger partial charge >= 0.3 is 0 Å². The van der Waals surface area contributed by atoms with Gasteiger partial charge in [0.05, 0.1) is 0 Å². The molecule has 0 spiro atoms. The highest BCUT2D eigenvalue weighted by atomic mass is 16.5. The first-order chi connectivity index (χ1) is 9.16. The summed E-state index contributed by atoms with van der Waals surface area (Å²) >= 11 is 0. The molecule has 0 heterocycles. The summed E-state index contributed by atoms with van der Waals surface area (Å²) in [6, 6.07) is 0.784. The van der Waals surface area contributed by atoms with Crippen molar-refractivity contribution in [3.8, 4) is 0 Å². The molecule has 0 saturated heterocycles. The molecule has 2 aliphatic carbocycles. The summed E-state index contributed by atoms with van der Waals surface area (Å²) < 4.78 is 5.90. The second kappa shape index (κ2) is 7.14. The molecule has 2 heteroatoms. The first-order valence-corrected chi connectivity index (χ1v) is 7.90. The minimum atomic E-state index is 0.594. The molecule has 0 aromatic rings. The Labute approximate surface area is 118 Å². The van der Waals surface area contributed by atoms with Crippen LogP contribution in [0.5, 0.6) is 0 Å². The van der Waals surface area contributed by atoms with Crippen molar-refractivity contribution < 1.29 is 4.74 Å². The molecule has 19 heavy (non-hydrogen) atoms.